The third kappa shape index (κ3) is 2.06. The number of hydrogen-bond donors (Lipinski definition) is 0. The summed E-state index contributed by atoms with van der Waals surface area (Å²) in [4.78, 5) is 4.41. The lowest BCUT2D eigenvalue weighted by Crippen LogP contribution is -1.99. The van der Waals surface area contributed by atoms with Crippen LogP contribution < -0.4 is 0 Å². The molecule has 15 heavy (non-hydrogen) atoms. The molecule has 0 aliphatic rings. The van der Waals surface area contributed by atoms with Crippen molar-refractivity contribution in [1.29, 1.82) is 0 Å². The van der Waals surface area contributed by atoms with Crippen molar-refractivity contribution in [3.05, 3.63) is 34.2 Å². The average Bonchev–Trinajstić information content (AvgIpc) is 2.64. The van der Waals surface area contributed by atoms with Gasteiger partial charge in [-0.2, -0.15) is 11.8 Å². The van der Waals surface area contributed by atoms with Crippen molar-refractivity contribution in [1.82, 2.24) is 9.38 Å². The Morgan fingerprint density at radius 3 is 3.00 bits per heavy atom. The van der Waals surface area contributed by atoms with E-state index in [1.807, 2.05) is 24.0 Å². The first-order valence-electron chi connectivity index (χ1n) is 4.84. The minimum Gasteiger partial charge on any atom is -0.300 e. The second-order valence-corrected chi connectivity index (χ2v) is 5.29. The summed E-state index contributed by atoms with van der Waals surface area (Å²) in [6, 6.07) is 4.09. The van der Waals surface area contributed by atoms with Crippen molar-refractivity contribution in [3.63, 3.8) is 0 Å². The van der Waals surface area contributed by atoms with Gasteiger partial charge in [0.2, 0.25) is 0 Å². The molecule has 0 saturated carbocycles. The molecule has 2 nitrogen and oxygen atoms in total. The molecule has 0 aliphatic heterocycles. The first-order chi connectivity index (χ1) is 7.24. The first kappa shape index (κ1) is 11.0. The lowest BCUT2D eigenvalue weighted by molar-refractivity contribution is 0.961. The third-order valence-corrected chi connectivity index (χ3v) is 3.93. The molecule has 2 rings (SSSR count). The summed E-state index contributed by atoms with van der Waals surface area (Å²) in [5.74, 6) is 1.14. The normalized spacial score (nSPS) is 11.1. The zero-order valence-corrected chi connectivity index (χ0v) is 11.2. The van der Waals surface area contributed by atoms with Crippen molar-refractivity contribution < 1.29 is 0 Å². The van der Waals surface area contributed by atoms with Crippen molar-refractivity contribution >= 4 is 33.3 Å². The molecule has 80 valence electrons. The number of pyridine rings is 1. The summed E-state index contributed by atoms with van der Waals surface area (Å²) < 4.78 is 3.36. The average molecular weight is 285 g/mol. The minimum atomic E-state index is 1.03. The van der Waals surface area contributed by atoms with E-state index in [2.05, 4.69) is 44.6 Å². The van der Waals surface area contributed by atoms with E-state index in [1.54, 1.807) is 0 Å². The molecule has 2 heterocycles. The Hall–Kier alpha value is -0.480. The van der Waals surface area contributed by atoms with E-state index in [0.29, 0.717) is 0 Å². The molecule has 0 radical (unpaired) electrons. The van der Waals surface area contributed by atoms with Gasteiger partial charge in [-0.1, -0.05) is 0 Å². The molecule has 0 unspecified atom stereocenters. The number of nitrogens with zero attached hydrogens (tertiary/aromatic N) is 2. The van der Waals surface area contributed by atoms with Crippen LogP contribution in [0.15, 0.2) is 22.8 Å². The number of aromatic nitrogens is 2. The summed E-state index contributed by atoms with van der Waals surface area (Å²) in [5, 5.41) is 0. The van der Waals surface area contributed by atoms with Crippen molar-refractivity contribution in [2.75, 3.05) is 12.0 Å². The fraction of sp³-hybridized carbons (Fsp3) is 0.364. The molecule has 0 bridgehead atoms. The highest BCUT2D eigenvalue weighted by Crippen LogP contribution is 2.20. The number of fused-ring (bicyclic) bond motifs is 1. The summed E-state index contributed by atoms with van der Waals surface area (Å²) in [5.41, 5.74) is 3.55. The summed E-state index contributed by atoms with van der Waals surface area (Å²) >= 11 is 5.42. The standard InChI is InChI=1S/C11H13BrN2S/c1-8-10(12)3-4-11-13-7-9(14(8)11)5-6-15-2/h3-4,7H,5-6H2,1-2H3. The lowest BCUT2D eigenvalue weighted by Gasteiger charge is -2.06. The van der Waals surface area contributed by atoms with Gasteiger partial charge in [-0.05, 0) is 53.4 Å². The second kappa shape index (κ2) is 4.58. The fourth-order valence-electron chi connectivity index (χ4n) is 1.67. The van der Waals surface area contributed by atoms with Crippen molar-refractivity contribution in [3.8, 4) is 0 Å². The Morgan fingerprint density at radius 2 is 2.27 bits per heavy atom. The van der Waals surface area contributed by atoms with Crippen LogP contribution in [0.1, 0.15) is 11.4 Å². The van der Waals surface area contributed by atoms with Crippen LogP contribution in [0, 0.1) is 6.92 Å². The third-order valence-electron chi connectivity index (χ3n) is 2.48. The monoisotopic (exact) mass is 284 g/mol. The predicted octanol–water partition coefficient (Wildman–Crippen LogP) is 3.31. The van der Waals surface area contributed by atoms with Crippen LogP contribution >= 0.6 is 27.7 Å². The summed E-state index contributed by atoms with van der Waals surface area (Å²) in [6.07, 6.45) is 5.18. The predicted molar refractivity (Wildman–Crippen MR) is 69.7 cm³/mol. The molecule has 2 aromatic rings. The molecule has 0 fully saturated rings. The van der Waals surface area contributed by atoms with Crippen LogP contribution in [-0.4, -0.2) is 21.4 Å². The van der Waals surface area contributed by atoms with Gasteiger partial charge in [-0.25, -0.2) is 4.98 Å². The van der Waals surface area contributed by atoms with Crippen molar-refractivity contribution in [2.45, 2.75) is 13.3 Å². The highest BCUT2D eigenvalue weighted by molar-refractivity contribution is 9.10. The molecule has 0 atom stereocenters. The maximum atomic E-state index is 4.41. The van der Waals surface area contributed by atoms with E-state index >= 15 is 0 Å². The van der Waals surface area contributed by atoms with E-state index in [-0.39, 0.29) is 0 Å². The van der Waals surface area contributed by atoms with Crippen LogP contribution in [0.25, 0.3) is 5.65 Å². The van der Waals surface area contributed by atoms with Gasteiger partial charge >= 0.3 is 0 Å². The van der Waals surface area contributed by atoms with E-state index in [1.165, 1.54) is 11.4 Å². The van der Waals surface area contributed by atoms with Gasteiger partial charge in [-0.3, -0.25) is 0 Å². The Balaban J connectivity index is 2.51. The molecular weight excluding hydrogens is 272 g/mol. The Labute approximate surface area is 102 Å². The number of halogens is 1. The lowest BCUT2D eigenvalue weighted by atomic mass is 10.3. The number of hydrogen-bond acceptors (Lipinski definition) is 2. The number of thioether (sulfide) groups is 1. The molecule has 2 aromatic heterocycles. The minimum absolute atomic E-state index is 1.03. The Morgan fingerprint density at radius 1 is 1.47 bits per heavy atom. The van der Waals surface area contributed by atoms with E-state index < -0.39 is 0 Å². The maximum absolute atomic E-state index is 4.41. The number of imidazole rings is 1. The molecule has 0 amide bonds. The molecule has 0 aromatic carbocycles. The summed E-state index contributed by atoms with van der Waals surface area (Å²) in [7, 11) is 0. The van der Waals surface area contributed by atoms with Crippen LogP contribution in [-0.2, 0) is 6.42 Å². The number of rotatable bonds is 3. The van der Waals surface area contributed by atoms with Gasteiger partial charge in [0, 0.05) is 22.1 Å². The fourth-order valence-corrected chi connectivity index (χ4v) is 2.39. The molecule has 0 saturated heterocycles. The van der Waals surface area contributed by atoms with Gasteiger partial charge in [0.05, 0.1) is 0 Å². The van der Waals surface area contributed by atoms with Crippen LogP contribution in [0.4, 0.5) is 0 Å². The largest absolute Gasteiger partial charge is 0.300 e. The van der Waals surface area contributed by atoms with Gasteiger partial charge in [0.25, 0.3) is 0 Å². The molecular formula is C11H13BrN2S. The zero-order chi connectivity index (χ0) is 10.8. The second-order valence-electron chi connectivity index (χ2n) is 3.45. The van der Waals surface area contributed by atoms with Crippen LogP contribution in [0.2, 0.25) is 0 Å². The topological polar surface area (TPSA) is 17.3 Å². The highest BCUT2D eigenvalue weighted by atomic mass is 79.9. The SMILES string of the molecule is CSCCc1cnc2ccc(Br)c(C)n12. The van der Waals surface area contributed by atoms with E-state index in [0.717, 1.165) is 22.3 Å². The Bertz CT molecular complexity index is 479. The Kier molecular flexibility index (Phi) is 3.36. The van der Waals surface area contributed by atoms with Gasteiger partial charge in [-0.15, -0.1) is 0 Å². The van der Waals surface area contributed by atoms with Gasteiger partial charge < -0.3 is 4.40 Å². The highest BCUT2D eigenvalue weighted by Gasteiger charge is 2.06. The summed E-state index contributed by atoms with van der Waals surface area (Å²) in [6.45, 7) is 2.11. The molecule has 0 N–H and O–H groups in total. The maximum Gasteiger partial charge on any atom is 0.137 e. The van der Waals surface area contributed by atoms with E-state index in [4.69, 9.17) is 0 Å². The van der Waals surface area contributed by atoms with Crippen LogP contribution in [0.3, 0.4) is 0 Å². The number of aryl methyl sites for hydroxylation is 2. The van der Waals surface area contributed by atoms with Crippen molar-refractivity contribution in [2.24, 2.45) is 0 Å². The smallest absolute Gasteiger partial charge is 0.137 e. The van der Waals surface area contributed by atoms with Gasteiger partial charge in [0.1, 0.15) is 5.65 Å². The molecule has 4 heteroatoms. The molecule has 0 aliphatic carbocycles. The first-order valence-corrected chi connectivity index (χ1v) is 7.03. The molecule has 0 spiro atoms. The van der Waals surface area contributed by atoms with E-state index in [9.17, 15) is 0 Å². The quantitative estimate of drug-likeness (QED) is 0.860. The zero-order valence-electron chi connectivity index (χ0n) is 8.83. The van der Waals surface area contributed by atoms with Crippen LogP contribution in [0.5, 0.6) is 0 Å². The van der Waals surface area contributed by atoms with Gasteiger partial charge in [0.15, 0.2) is 0 Å².